The predicted molar refractivity (Wildman–Crippen MR) is 98.1 cm³/mol. The largest absolute Gasteiger partial charge is 0.480 e. The van der Waals surface area contributed by atoms with Crippen molar-refractivity contribution in [3.8, 4) is 11.8 Å². The maximum absolute atomic E-state index is 12.3. The van der Waals surface area contributed by atoms with E-state index in [4.69, 9.17) is 5.11 Å². The minimum Gasteiger partial charge on any atom is -0.480 e. The van der Waals surface area contributed by atoms with Gasteiger partial charge >= 0.3 is 5.97 Å². The van der Waals surface area contributed by atoms with Gasteiger partial charge in [-0.15, -0.1) is 11.3 Å². The lowest BCUT2D eigenvalue weighted by molar-refractivity contribution is -0.140. The Morgan fingerprint density at radius 3 is 2.24 bits per heavy atom. The van der Waals surface area contributed by atoms with Crippen LogP contribution in [-0.2, 0) is 14.8 Å². The van der Waals surface area contributed by atoms with Gasteiger partial charge in [0.25, 0.3) is 0 Å². The molecule has 1 aromatic carbocycles. The average molecular weight is 377 g/mol. The van der Waals surface area contributed by atoms with E-state index in [1.54, 1.807) is 37.3 Å². The number of nitrogens with one attached hydrogen (secondary N) is 1. The molecule has 0 aliphatic rings. The fourth-order valence-electron chi connectivity index (χ4n) is 2.06. The fourth-order valence-corrected chi connectivity index (χ4v) is 4.12. The van der Waals surface area contributed by atoms with Crippen molar-refractivity contribution in [3.63, 3.8) is 0 Å². The molecule has 7 heteroatoms. The number of hydrogen-bond donors (Lipinski definition) is 2. The molecule has 0 saturated carbocycles. The van der Waals surface area contributed by atoms with Crippen LogP contribution in [0.25, 0.3) is 0 Å². The van der Waals surface area contributed by atoms with Crippen LogP contribution in [0.15, 0.2) is 41.3 Å². The molecule has 132 valence electrons. The van der Waals surface area contributed by atoms with E-state index in [2.05, 4.69) is 16.6 Å². The van der Waals surface area contributed by atoms with Crippen LogP contribution in [0, 0.1) is 24.7 Å². The molecule has 0 amide bonds. The normalized spacial score (nSPS) is 12.5. The van der Waals surface area contributed by atoms with Crippen LogP contribution in [0.3, 0.4) is 0 Å². The minimum absolute atomic E-state index is 0.0110. The quantitative estimate of drug-likeness (QED) is 0.785. The molecule has 25 heavy (non-hydrogen) atoms. The Balaban J connectivity index is 2.18. The van der Waals surface area contributed by atoms with E-state index in [1.165, 1.54) is 17.0 Å². The molecule has 0 fully saturated rings. The van der Waals surface area contributed by atoms with E-state index < -0.39 is 22.0 Å². The Labute approximate surface area is 151 Å². The highest BCUT2D eigenvalue weighted by atomic mass is 32.2. The molecule has 0 spiro atoms. The molecule has 5 nitrogen and oxygen atoms in total. The monoisotopic (exact) mass is 377 g/mol. The van der Waals surface area contributed by atoms with Crippen LogP contribution in [0.2, 0.25) is 0 Å². The van der Waals surface area contributed by atoms with E-state index in [0.29, 0.717) is 5.56 Å². The molecular formula is C18H19NO4S2. The Morgan fingerprint density at radius 2 is 1.76 bits per heavy atom. The van der Waals surface area contributed by atoms with Gasteiger partial charge in [-0.25, -0.2) is 8.42 Å². The van der Waals surface area contributed by atoms with Gasteiger partial charge < -0.3 is 5.11 Å². The zero-order chi connectivity index (χ0) is 18.6. The number of carbonyl (C=O) groups is 1. The summed E-state index contributed by atoms with van der Waals surface area (Å²) >= 11 is 1.59. The summed E-state index contributed by atoms with van der Waals surface area (Å²) in [7, 11) is -3.91. The maximum atomic E-state index is 12.3. The summed E-state index contributed by atoms with van der Waals surface area (Å²) in [4.78, 5) is 13.3. The molecule has 2 N–H and O–H groups in total. The van der Waals surface area contributed by atoms with Crippen LogP contribution in [0.5, 0.6) is 0 Å². The van der Waals surface area contributed by atoms with Crippen LogP contribution in [0.4, 0.5) is 0 Å². The van der Waals surface area contributed by atoms with Gasteiger partial charge in [-0.1, -0.05) is 25.7 Å². The second kappa shape index (κ2) is 7.83. The third-order valence-electron chi connectivity index (χ3n) is 3.45. The number of hydrogen-bond acceptors (Lipinski definition) is 4. The second-order valence-corrected chi connectivity index (χ2v) is 8.87. The van der Waals surface area contributed by atoms with Gasteiger partial charge in [-0.2, -0.15) is 4.72 Å². The van der Waals surface area contributed by atoms with E-state index in [1.807, 2.05) is 19.1 Å². The first-order chi connectivity index (χ1) is 11.7. The van der Waals surface area contributed by atoms with Crippen LogP contribution in [-0.4, -0.2) is 25.5 Å². The maximum Gasteiger partial charge on any atom is 0.322 e. The molecule has 0 aliphatic heterocycles. The summed E-state index contributed by atoms with van der Waals surface area (Å²) in [6, 6.07) is 8.81. The van der Waals surface area contributed by atoms with Crippen molar-refractivity contribution in [2.45, 2.75) is 31.7 Å². The van der Waals surface area contributed by atoms with Crippen molar-refractivity contribution in [2.75, 3.05) is 0 Å². The Hall–Kier alpha value is -2.14. The zero-order valence-corrected chi connectivity index (χ0v) is 15.7. The highest BCUT2D eigenvalue weighted by Crippen LogP contribution is 2.15. The summed E-state index contributed by atoms with van der Waals surface area (Å²) in [5.74, 6) is 4.44. The number of aryl methyl sites for hydroxylation is 1. The van der Waals surface area contributed by atoms with Gasteiger partial charge in [-0.3, -0.25) is 4.79 Å². The minimum atomic E-state index is -3.91. The van der Waals surface area contributed by atoms with Gasteiger partial charge in [0.05, 0.1) is 9.77 Å². The summed E-state index contributed by atoms with van der Waals surface area (Å²) in [5, 5.41) is 9.13. The third-order valence-corrected chi connectivity index (χ3v) is 5.82. The Morgan fingerprint density at radius 1 is 1.12 bits per heavy atom. The second-order valence-electron chi connectivity index (χ2n) is 5.87. The molecule has 2 aromatic rings. The SMILES string of the molecule is Cc1ccc(C#Cc2ccc(S(=O)(=O)NC(C(=O)O)C(C)C)cc2)s1. The average Bonchev–Trinajstić information content (AvgIpc) is 2.96. The van der Waals surface area contributed by atoms with Crippen molar-refractivity contribution in [1.82, 2.24) is 4.72 Å². The Kier molecular flexibility index (Phi) is 6.01. The van der Waals surface area contributed by atoms with Crippen molar-refractivity contribution < 1.29 is 18.3 Å². The highest BCUT2D eigenvalue weighted by molar-refractivity contribution is 7.89. The molecule has 1 atom stereocenters. The lowest BCUT2D eigenvalue weighted by atomic mass is 10.1. The van der Waals surface area contributed by atoms with Crippen LogP contribution in [0.1, 0.15) is 29.2 Å². The molecule has 1 unspecified atom stereocenters. The van der Waals surface area contributed by atoms with E-state index >= 15 is 0 Å². The number of aliphatic carboxylic acids is 1. The van der Waals surface area contributed by atoms with Gasteiger partial charge in [-0.05, 0) is 49.2 Å². The topological polar surface area (TPSA) is 83.5 Å². The third kappa shape index (κ3) is 5.16. The molecule has 1 heterocycles. The first-order valence-electron chi connectivity index (χ1n) is 7.62. The smallest absolute Gasteiger partial charge is 0.322 e. The standard InChI is InChI=1S/C18H19NO4S2/c1-12(2)17(18(20)21)19-25(22,23)16-10-6-14(7-11-16)5-9-15-8-4-13(3)24-15/h4,6-8,10-12,17,19H,1-3H3,(H,20,21). The summed E-state index contributed by atoms with van der Waals surface area (Å²) < 4.78 is 26.9. The summed E-state index contributed by atoms with van der Waals surface area (Å²) in [5.41, 5.74) is 0.684. The van der Waals surface area contributed by atoms with Gasteiger partial charge in [0.1, 0.15) is 6.04 Å². The molecule has 0 radical (unpaired) electrons. The molecular weight excluding hydrogens is 358 g/mol. The molecule has 1 aromatic heterocycles. The van der Waals surface area contributed by atoms with Gasteiger partial charge in [0, 0.05) is 10.4 Å². The van der Waals surface area contributed by atoms with Crippen molar-refractivity contribution in [3.05, 3.63) is 51.7 Å². The van der Waals surface area contributed by atoms with E-state index in [9.17, 15) is 13.2 Å². The van der Waals surface area contributed by atoms with Crippen molar-refractivity contribution >= 4 is 27.3 Å². The lowest BCUT2D eigenvalue weighted by Crippen LogP contribution is -2.44. The first-order valence-corrected chi connectivity index (χ1v) is 9.92. The van der Waals surface area contributed by atoms with Gasteiger partial charge in [0.15, 0.2) is 0 Å². The number of thiophene rings is 1. The molecule has 0 bridgehead atoms. The number of sulfonamides is 1. The van der Waals surface area contributed by atoms with E-state index in [-0.39, 0.29) is 10.8 Å². The van der Waals surface area contributed by atoms with Crippen molar-refractivity contribution in [2.24, 2.45) is 5.92 Å². The Bertz CT molecular complexity index is 916. The van der Waals surface area contributed by atoms with Crippen LogP contribution < -0.4 is 4.72 Å². The van der Waals surface area contributed by atoms with E-state index in [0.717, 1.165) is 4.88 Å². The number of carboxylic acids is 1. The summed E-state index contributed by atoms with van der Waals surface area (Å²) in [6.07, 6.45) is 0. The van der Waals surface area contributed by atoms with Crippen LogP contribution >= 0.6 is 11.3 Å². The lowest BCUT2D eigenvalue weighted by Gasteiger charge is -2.17. The number of carboxylic acid groups (broad SMARTS) is 1. The summed E-state index contributed by atoms with van der Waals surface area (Å²) in [6.45, 7) is 5.29. The van der Waals surface area contributed by atoms with Gasteiger partial charge in [0.2, 0.25) is 10.0 Å². The molecule has 0 saturated heterocycles. The first kappa shape index (κ1) is 19.2. The highest BCUT2D eigenvalue weighted by Gasteiger charge is 2.27. The predicted octanol–water partition coefficient (Wildman–Crippen LogP) is 2.84. The van der Waals surface area contributed by atoms with Crippen molar-refractivity contribution in [1.29, 1.82) is 0 Å². The number of benzene rings is 1. The molecule has 0 aliphatic carbocycles. The fraction of sp³-hybridized carbons (Fsp3) is 0.278. The number of rotatable bonds is 5. The zero-order valence-electron chi connectivity index (χ0n) is 14.1. The molecule has 2 rings (SSSR count).